The summed E-state index contributed by atoms with van der Waals surface area (Å²) >= 11 is 0. The first-order valence-corrected chi connectivity index (χ1v) is 22.3. The normalized spacial score (nSPS) is 19.4. The van der Waals surface area contributed by atoms with Gasteiger partial charge in [0.25, 0.3) is 0 Å². The zero-order valence-electron chi connectivity index (χ0n) is 35.2. The topological polar surface area (TPSA) is 148 Å². The number of ether oxygens (including phenoxy) is 1. The third-order valence-electron chi connectivity index (χ3n) is 12.9. The molecule has 4 fully saturated rings. The zero-order valence-corrected chi connectivity index (χ0v) is 35.2. The van der Waals surface area contributed by atoms with Gasteiger partial charge in [-0.2, -0.15) is 0 Å². The van der Waals surface area contributed by atoms with Gasteiger partial charge in [0.15, 0.2) is 0 Å². The molecule has 0 unspecified atom stereocenters. The summed E-state index contributed by atoms with van der Waals surface area (Å²) in [5.74, 6) is 3.07. The largest absolute Gasteiger partial charge is 0.457 e. The fourth-order valence-electron chi connectivity index (χ4n) is 9.04. The zero-order chi connectivity index (χ0) is 42.9. The number of carbonyl (C=O) groups is 3. The molecule has 12 nitrogen and oxygen atoms in total. The maximum absolute atomic E-state index is 14.1. The monoisotopic (exact) mass is 840 g/mol. The van der Waals surface area contributed by atoms with Gasteiger partial charge in [0.2, 0.25) is 17.7 Å². The Labute approximate surface area is 367 Å². The maximum Gasteiger partial charge on any atom is 0.250 e. The summed E-state index contributed by atoms with van der Waals surface area (Å²) in [5.41, 5.74) is 6.41. The molecule has 12 heteroatoms. The van der Waals surface area contributed by atoms with E-state index < -0.39 is 6.04 Å². The highest BCUT2D eigenvalue weighted by molar-refractivity contribution is 5.90. The fraction of sp³-hybridized carbons (Fsp3) is 0.314. The molecule has 0 spiro atoms. The molecule has 2 saturated heterocycles. The van der Waals surface area contributed by atoms with Crippen LogP contribution in [0.5, 0.6) is 11.5 Å². The van der Waals surface area contributed by atoms with Gasteiger partial charge in [0.05, 0.1) is 41.9 Å². The second kappa shape index (κ2) is 17.4. The summed E-state index contributed by atoms with van der Waals surface area (Å²) < 4.78 is 6.25. The molecule has 4 heterocycles. The van der Waals surface area contributed by atoms with E-state index in [0.717, 1.165) is 109 Å². The Morgan fingerprint density at radius 2 is 1.03 bits per heavy atom. The minimum Gasteiger partial charge on any atom is -0.457 e. The molecule has 4 aromatic carbocycles. The van der Waals surface area contributed by atoms with Crippen LogP contribution in [-0.4, -0.2) is 60.5 Å². The molecule has 63 heavy (non-hydrogen) atoms. The summed E-state index contributed by atoms with van der Waals surface area (Å²) in [7, 11) is 0. The van der Waals surface area contributed by atoms with Gasteiger partial charge < -0.3 is 35.1 Å². The molecule has 4 N–H and O–H groups in total. The maximum atomic E-state index is 14.1. The van der Waals surface area contributed by atoms with Crippen molar-refractivity contribution in [2.24, 2.45) is 11.8 Å². The van der Waals surface area contributed by atoms with E-state index in [-0.39, 0.29) is 47.7 Å². The van der Waals surface area contributed by atoms with E-state index in [9.17, 15) is 14.4 Å². The highest BCUT2D eigenvalue weighted by Gasteiger charge is 2.40. The Morgan fingerprint density at radius 3 is 1.52 bits per heavy atom. The first-order valence-electron chi connectivity index (χ1n) is 22.3. The molecule has 2 aliphatic carbocycles. The van der Waals surface area contributed by atoms with Gasteiger partial charge in [0, 0.05) is 30.6 Å². The van der Waals surface area contributed by atoms with Gasteiger partial charge in [-0.1, -0.05) is 67.2 Å². The lowest BCUT2D eigenvalue weighted by Crippen LogP contribution is -2.43. The van der Waals surface area contributed by atoms with Crippen LogP contribution in [0.25, 0.3) is 22.5 Å². The predicted octanol–water partition coefficient (Wildman–Crippen LogP) is 9.11. The summed E-state index contributed by atoms with van der Waals surface area (Å²) in [5, 5.41) is 6.34. The summed E-state index contributed by atoms with van der Waals surface area (Å²) in [4.78, 5) is 60.6. The molecule has 320 valence electrons. The predicted molar refractivity (Wildman–Crippen MR) is 240 cm³/mol. The lowest BCUT2D eigenvalue weighted by atomic mass is 10.0. The van der Waals surface area contributed by atoms with E-state index in [0.29, 0.717) is 18.0 Å². The number of nitrogens with zero attached hydrogens (tertiary/aromatic N) is 4. The van der Waals surface area contributed by atoms with Crippen molar-refractivity contribution in [3.05, 3.63) is 157 Å². The average molecular weight is 841 g/mol. The number of carbonyl (C=O) groups excluding carboxylic acids is 3. The van der Waals surface area contributed by atoms with E-state index in [1.807, 2.05) is 114 Å². The molecule has 0 bridgehead atoms. The Balaban J connectivity index is 0.771. The van der Waals surface area contributed by atoms with Crippen LogP contribution in [0.1, 0.15) is 98.3 Å². The van der Waals surface area contributed by atoms with Crippen LogP contribution in [0.2, 0.25) is 0 Å². The Morgan fingerprint density at radius 1 is 0.587 bits per heavy atom. The Kier molecular flexibility index (Phi) is 11.1. The van der Waals surface area contributed by atoms with E-state index in [2.05, 4.69) is 44.2 Å². The van der Waals surface area contributed by atoms with Crippen molar-refractivity contribution in [1.82, 2.24) is 40.4 Å². The van der Waals surface area contributed by atoms with Crippen molar-refractivity contribution >= 4 is 17.7 Å². The highest BCUT2D eigenvalue weighted by Crippen LogP contribution is 2.40. The minimum atomic E-state index is -0.732. The van der Waals surface area contributed by atoms with Crippen molar-refractivity contribution in [1.29, 1.82) is 0 Å². The smallest absolute Gasteiger partial charge is 0.250 e. The van der Waals surface area contributed by atoms with Crippen molar-refractivity contribution in [3.8, 4) is 34.0 Å². The number of imidazole rings is 2. The van der Waals surface area contributed by atoms with Gasteiger partial charge in [0.1, 0.15) is 29.2 Å². The van der Waals surface area contributed by atoms with Crippen molar-refractivity contribution in [2.75, 3.05) is 13.1 Å². The number of rotatable bonds is 15. The van der Waals surface area contributed by atoms with E-state index in [4.69, 9.17) is 14.7 Å². The number of benzene rings is 4. The molecule has 0 radical (unpaired) electrons. The molecular formula is C51H52N8O4. The number of amides is 3. The van der Waals surface area contributed by atoms with Crippen molar-refractivity contribution < 1.29 is 19.1 Å². The molecular weight excluding hydrogens is 789 g/mol. The SMILES string of the molecule is C=C([C@H](NC(=O)C1CC1)c1ccccc1)N1CCC[C@H]1c1ncc(-c2ccc(Oc3ccc(-c4cnc([C@@H]5CCCN5C(=O)[C@H](NC(=O)C5CC5)c5ccccc5)[nH]4)cc3)cc2)[nH]1. The van der Waals surface area contributed by atoms with E-state index >= 15 is 0 Å². The van der Waals surface area contributed by atoms with Crippen LogP contribution >= 0.6 is 0 Å². The first-order chi connectivity index (χ1) is 30.9. The van der Waals surface area contributed by atoms with Crippen molar-refractivity contribution in [2.45, 2.75) is 75.5 Å². The summed E-state index contributed by atoms with van der Waals surface area (Å²) in [6.07, 6.45) is 10.9. The lowest BCUT2D eigenvalue weighted by molar-refractivity contribution is -0.137. The molecule has 4 aliphatic rings. The number of likely N-dealkylation sites (tertiary alicyclic amines) is 2. The highest BCUT2D eigenvalue weighted by atomic mass is 16.5. The van der Waals surface area contributed by atoms with Gasteiger partial charge in [-0.3, -0.25) is 14.4 Å². The molecule has 2 saturated carbocycles. The number of hydrogen-bond donors (Lipinski definition) is 4. The third-order valence-corrected chi connectivity index (χ3v) is 12.9. The number of aromatic nitrogens is 4. The second-order valence-electron chi connectivity index (χ2n) is 17.3. The number of aromatic amines is 2. The fourth-order valence-corrected chi connectivity index (χ4v) is 9.04. The molecule has 4 atom stereocenters. The molecule has 6 aromatic rings. The lowest BCUT2D eigenvalue weighted by Gasteiger charge is -2.33. The van der Waals surface area contributed by atoms with Crippen LogP contribution in [-0.2, 0) is 14.4 Å². The third kappa shape index (κ3) is 8.75. The number of nitrogens with one attached hydrogen (secondary N) is 4. The van der Waals surface area contributed by atoms with Gasteiger partial charge in [-0.15, -0.1) is 0 Å². The van der Waals surface area contributed by atoms with Crippen LogP contribution in [0, 0.1) is 11.8 Å². The Hall–Kier alpha value is -6.95. The quantitative estimate of drug-likeness (QED) is 0.0807. The molecule has 2 aromatic heterocycles. The van der Waals surface area contributed by atoms with Gasteiger partial charge in [-0.25, -0.2) is 9.97 Å². The van der Waals surface area contributed by atoms with Crippen molar-refractivity contribution in [3.63, 3.8) is 0 Å². The summed E-state index contributed by atoms with van der Waals surface area (Å²) in [6.45, 7) is 5.98. The number of H-pyrrole nitrogens is 2. The first kappa shape index (κ1) is 40.1. The van der Waals surface area contributed by atoms with Crippen LogP contribution in [0.3, 0.4) is 0 Å². The molecule has 10 rings (SSSR count). The van der Waals surface area contributed by atoms with Crippen LogP contribution in [0.15, 0.2) is 134 Å². The van der Waals surface area contributed by atoms with Gasteiger partial charge >= 0.3 is 0 Å². The standard InChI is InChI=1S/C51H52N8O4/c1-32(45(35-10-4-2-5-11-35)56-49(60)37-16-17-37)58-28-8-14-43(58)47-52-30-41(54-47)33-20-24-39(25-21-33)63-40-26-22-34(23-27-40)42-31-53-48(55-42)44-15-9-29-59(44)51(62)46(36-12-6-3-7-13-36)57-50(61)38-18-19-38/h2-7,10-13,20-27,30-31,37-38,43-46H,1,8-9,14-19,28-29H2,(H,52,54)(H,53,55)(H,56,60)(H,57,61)/t43-,44-,45-,46+/m0/s1. The van der Waals surface area contributed by atoms with E-state index in [1.54, 1.807) is 0 Å². The molecule has 2 aliphatic heterocycles. The van der Waals surface area contributed by atoms with Gasteiger partial charge in [-0.05, 0) is 122 Å². The summed E-state index contributed by atoms with van der Waals surface area (Å²) in [6, 6.07) is 34.2. The average Bonchev–Trinajstić information content (AvgIpc) is 4.08. The number of hydrogen-bond acceptors (Lipinski definition) is 7. The van der Waals surface area contributed by atoms with Crippen LogP contribution in [0.4, 0.5) is 0 Å². The second-order valence-corrected chi connectivity index (χ2v) is 17.3. The molecule has 3 amide bonds. The Bertz CT molecular complexity index is 2400. The van der Waals surface area contributed by atoms with E-state index in [1.165, 1.54) is 0 Å². The minimum absolute atomic E-state index is 0.00144. The van der Waals surface area contributed by atoms with Crippen LogP contribution < -0.4 is 15.4 Å².